The second kappa shape index (κ2) is 6.03. The van der Waals surface area contributed by atoms with Crippen molar-refractivity contribution in [1.29, 1.82) is 0 Å². The number of carbonyl (C=O) groups excluding carboxylic acids is 1. The molecule has 0 fully saturated rings. The average Bonchev–Trinajstić information content (AvgIpc) is 3.06. The van der Waals surface area contributed by atoms with Crippen LogP contribution in [0.3, 0.4) is 0 Å². The Kier molecular flexibility index (Phi) is 3.90. The Hall–Kier alpha value is -3.36. The third-order valence-corrected chi connectivity index (χ3v) is 3.47. The number of rotatable bonds is 4. The summed E-state index contributed by atoms with van der Waals surface area (Å²) < 4.78 is 11.4. The van der Waals surface area contributed by atoms with Gasteiger partial charge in [0.1, 0.15) is 23.5 Å². The van der Waals surface area contributed by atoms with Crippen molar-refractivity contribution >= 4 is 17.4 Å². The Balaban J connectivity index is 2.00. The molecule has 0 spiro atoms. The van der Waals surface area contributed by atoms with Gasteiger partial charge in [0.05, 0.1) is 19.9 Å². The van der Waals surface area contributed by atoms with Crippen molar-refractivity contribution in [3.63, 3.8) is 0 Å². The molecule has 0 bridgehead atoms. The summed E-state index contributed by atoms with van der Waals surface area (Å²) in [5, 5.41) is 5.23. The fraction of sp³-hybridized carbons (Fsp3) is 0.200. The van der Waals surface area contributed by atoms with Gasteiger partial charge in [0.15, 0.2) is 0 Å². The first-order chi connectivity index (χ1) is 11.5. The molecule has 0 aliphatic heterocycles. The maximum absolute atomic E-state index is 12.5. The number of hydrogen-bond acceptors (Lipinski definition) is 6. The number of amides is 1. The standard InChI is InChI=1S/C15H15N5O4/c1-8-12(14(22)20-15(18-8)16-7-17-20)19-13(21)9-4-10(23-2)6-11(5-9)24-3/h4-7H,1-3H3,(H,19,21)(H,16,17,18). The fourth-order valence-electron chi connectivity index (χ4n) is 2.23. The lowest BCUT2D eigenvalue weighted by atomic mass is 10.2. The predicted molar refractivity (Wildman–Crippen MR) is 85.8 cm³/mol. The van der Waals surface area contributed by atoms with Crippen LogP contribution >= 0.6 is 0 Å². The fourth-order valence-corrected chi connectivity index (χ4v) is 2.23. The highest BCUT2D eigenvalue weighted by Gasteiger charge is 2.16. The van der Waals surface area contributed by atoms with Crippen LogP contribution in [0.25, 0.3) is 5.78 Å². The first kappa shape index (κ1) is 15.5. The van der Waals surface area contributed by atoms with Gasteiger partial charge in [-0.2, -0.15) is 4.52 Å². The summed E-state index contributed by atoms with van der Waals surface area (Å²) in [7, 11) is 2.98. The van der Waals surface area contributed by atoms with Gasteiger partial charge in [0.2, 0.25) is 0 Å². The lowest BCUT2D eigenvalue weighted by Gasteiger charge is -2.10. The van der Waals surface area contributed by atoms with Crippen molar-refractivity contribution in [2.24, 2.45) is 0 Å². The zero-order valence-electron chi connectivity index (χ0n) is 13.3. The molecule has 3 aromatic rings. The van der Waals surface area contributed by atoms with Crippen LogP contribution in [0, 0.1) is 6.92 Å². The van der Waals surface area contributed by atoms with E-state index >= 15 is 0 Å². The van der Waals surface area contributed by atoms with Crippen LogP contribution in [-0.2, 0) is 0 Å². The third kappa shape index (κ3) is 2.67. The summed E-state index contributed by atoms with van der Waals surface area (Å²) in [4.78, 5) is 33.0. The highest BCUT2D eigenvalue weighted by atomic mass is 16.5. The minimum atomic E-state index is -0.478. The van der Waals surface area contributed by atoms with Crippen molar-refractivity contribution < 1.29 is 14.3 Å². The summed E-state index contributed by atoms with van der Waals surface area (Å²) in [5.41, 5.74) is 0.289. The van der Waals surface area contributed by atoms with E-state index in [1.165, 1.54) is 20.5 Å². The number of ether oxygens (including phenoxy) is 2. The topological polar surface area (TPSA) is 111 Å². The van der Waals surface area contributed by atoms with E-state index < -0.39 is 11.5 Å². The SMILES string of the molecule is COc1cc(OC)cc(C(=O)Nc2c(C)nc3nc[nH]n3c2=O)c1. The van der Waals surface area contributed by atoms with E-state index in [2.05, 4.69) is 20.4 Å². The number of methoxy groups -OCH3 is 2. The van der Waals surface area contributed by atoms with Gasteiger partial charge in [-0.25, -0.2) is 9.97 Å². The van der Waals surface area contributed by atoms with E-state index in [1.807, 2.05) is 0 Å². The number of nitrogens with one attached hydrogen (secondary N) is 2. The van der Waals surface area contributed by atoms with E-state index in [0.29, 0.717) is 22.8 Å². The molecule has 9 heteroatoms. The van der Waals surface area contributed by atoms with Gasteiger partial charge >= 0.3 is 0 Å². The van der Waals surface area contributed by atoms with Crippen LogP contribution < -0.4 is 20.3 Å². The molecule has 3 rings (SSSR count). The molecule has 1 aromatic carbocycles. The number of benzene rings is 1. The quantitative estimate of drug-likeness (QED) is 0.738. The molecule has 0 atom stereocenters. The van der Waals surface area contributed by atoms with Crippen LogP contribution in [0.15, 0.2) is 29.3 Å². The predicted octanol–water partition coefficient (Wildman–Crippen LogP) is 0.996. The number of H-pyrrole nitrogens is 1. The second-order valence-electron chi connectivity index (χ2n) is 4.96. The minimum absolute atomic E-state index is 0.0727. The highest BCUT2D eigenvalue weighted by molar-refractivity contribution is 6.05. The zero-order chi connectivity index (χ0) is 17.3. The van der Waals surface area contributed by atoms with Crippen molar-refractivity contribution in [1.82, 2.24) is 19.6 Å². The van der Waals surface area contributed by atoms with Crippen LogP contribution in [0.1, 0.15) is 16.1 Å². The Morgan fingerprint density at radius 2 is 1.88 bits per heavy atom. The van der Waals surface area contributed by atoms with Gasteiger partial charge in [-0.05, 0) is 19.1 Å². The van der Waals surface area contributed by atoms with E-state index in [0.717, 1.165) is 4.52 Å². The Morgan fingerprint density at radius 1 is 1.21 bits per heavy atom. The van der Waals surface area contributed by atoms with Gasteiger partial charge in [0.25, 0.3) is 17.2 Å². The second-order valence-corrected chi connectivity index (χ2v) is 4.96. The molecule has 0 unspecified atom stereocenters. The van der Waals surface area contributed by atoms with E-state index in [-0.39, 0.29) is 11.5 Å². The van der Waals surface area contributed by atoms with E-state index in [1.54, 1.807) is 25.1 Å². The van der Waals surface area contributed by atoms with Crippen molar-refractivity contribution in [2.45, 2.75) is 6.92 Å². The molecule has 124 valence electrons. The van der Waals surface area contributed by atoms with Crippen LogP contribution in [0.5, 0.6) is 11.5 Å². The van der Waals surface area contributed by atoms with E-state index in [4.69, 9.17) is 9.47 Å². The lowest BCUT2D eigenvalue weighted by molar-refractivity contribution is 0.102. The number of aromatic amines is 1. The van der Waals surface area contributed by atoms with Crippen LogP contribution in [-0.4, -0.2) is 39.7 Å². The van der Waals surface area contributed by atoms with Crippen LogP contribution in [0.4, 0.5) is 5.69 Å². The first-order valence-corrected chi connectivity index (χ1v) is 7.00. The van der Waals surface area contributed by atoms with Gasteiger partial charge in [0, 0.05) is 11.6 Å². The molecule has 0 aliphatic carbocycles. The molecule has 9 nitrogen and oxygen atoms in total. The van der Waals surface area contributed by atoms with Gasteiger partial charge < -0.3 is 14.8 Å². The maximum Gasteiger partial charge on any atom is 0.298 e. The smallest absolute Gasteiger partial charge is 0.298 e. The molecule has 0 radical (unpaired) electrons. The molecule has 0 saturated carbocycles. The van der Waals surface area contributed by atoms with Crippen molar-refractivity contribution in [2.75, 3.05) is 19.5 Å². The van der Waals surface area contributed by atoms with Crippen molar-refractivity contribution in [3.8, 4) is 11.5 Å². The number of carbonyl (C=O) groups is 1. The largest absolute Gasteiger partial charge is 0.497 e. The molecule has 0 aliphatic rings. The normalized spacial score (nSPS) is 10.6. The van der Waals surface area contributed by atoms with Crippen molar-refractivity contribution in [3.05, 3.63) is 46.1 Å². The molecular weight excluding hydrogens is 314 g/mol. The number of fused-ring (bicyclic) bond motifs is 1. The monoisotopic (exact) mass is 329 g/mol. The molecule has 0 saturated heterocycles. The van der Waals surface area contributed by atoms with Gasteiger partial charge in [-0.3, -0.25) is 14.7 Å². The summed E-state index contributed by atoms with van der Waals surface area (Å²) in [6.45, 7) is 1.62. The molecule has 24 heavy (non-hydrogen) atoms. The summed E-state index contributed by atoms with van der Waals surface area (Å²) in [6, 6.07) is 4.75. The minimum Gasteiger partial charge on any atom is -0.497 e. The van der Waals surface area contributed by atoms with E-state index in [9.17, 15) is 9.59 Å². The molecule has 2 N–H and O–H groups in total. The molecule has 1 amide bonds. The highest BCUT2D eigenvalue weighted by Crippen LogP contribution is 2.23. The zero-order valence-corrected chi connectivity index (χ0v) is 13.3. The molecular formula is C15H15N5O4. The summed E-state index contributed by atoms with van der Waals surface area (Å²) in [6.07, 6.45) is 1.35. The third-order valence-electron chi connectivity index (χ3n) is 3.47. The number of nitrogens with zero attached hydrogens (tertiary/aromatic N) is 3. The first-order valence-electron chi connectivity index (χ1n) is 7.00. The molecule has 2 heterocycles. The Labute approximate surface area is 136 Å². The number of aryl methyl sites for hydroxylation is 1. The Bertz CT molecular complexity index is 953. The van der Waals surface area contributed by atoms with Gasteiger partial charge in [-0.15, -0.1) is 0 Å². The molecule has 2 aromatic heterocycles. The number of hydrogen-bond donors (Lipinski definition) is 2. The van der Waals surface area contributed by atoms with Gasteiger partial charge in [-0.1, -0.05) is 0 Å². The average molecular weight is 329 g/mol. The van der Waals surface area contributed by atoms with Crippen LogP contribution in [0.2, 0.25) is 0 Å². The number of aromatic nitrogens is 4. The number of anilines is 1. The summed E-state index contributed by atoms with van der Waals surface area (Å²) >= 11 is 0. The lowest BCUT2D eigenvalue weighted by Crippen LogP contribution is -2.25. The Morgan fingerprint density at radius 3 is 2.50 bits per heavy atom. The maximum atomic E-state index is 12.5. The summed E-state index contributed by atoms with van der Waals surface area (Å²) in [5.74, 6) is 0.692.